The van der Waals surface area contributed by atoms with Gasteiger partial charge < -0.3 is 11.1 Å². The van der Waals surface area contributed by atoms with E-state index in [1.165, 1.54) is 0 Å². The van der Waals surface area contributed by atoms with Crippen molar-refractivity contribution in [3.63, 3.8) is 0 Å². The highest BCUT2D eigenvalue weighted by molar-refractivity contribution is 5.99. The molecule has 0 fully saturated rings. The smallest absolute Gasteiger partial charge is 0.252 e. The molecule has 0 aliphatic heterocycles. The average molecular weight is 255 g/mol. The molecule has 0 aliphatic carbocycles. The van der Waals surface area contributed by atoms with E-state index in [-0.39, 0.29) is 0 Å². The molecule has 98 valence electrons. The standard InChI is InChI=1S/C15H17N3O/c1-10-8-13(14(15(16)19)11(2)18-10)17-9-12-6-4-3-5-7-12/h3-8H,9H2,1-2H3,(H2,16,19)(H,17,18). The molecule has 1 heterocycles. The van der Waals surface area contributed by atoms with E-state index in [2.05, 4.69) is 10.3 Å². The highest BCUT2D eigenvalue weighted by atomic mass is 16.1. The maximum atomic E-state index is 11.5. The van der Waals surface area contributed by atoms with Gasteiger partial charge in [-0.2, -0.15) is 0 Å². The van der Waals surface area contributed by atoms with Crippen LogP contribution in [0.5, 0.6) is 0 Å². The molecule has 4 heteroatoms. The number of rotatable bonds is 4. The van der Waals surface area contributed by atoms with Crippen LogP contribution in [0.25, 0.3) is 0 Å². The number of nitrogens with two attached hydrogens (primary N) is 1. The van der Waals surface area contributed by atoms with E-state index in [4.69, 9.17) is 5.73 Å². The first-order valence-electron chi connectivity index (χ1n) is 6.14. The number of aromatic nitrogens is 1. The van der Waals surface area contributed by atoms with Crippen LogP contribution in [0, 0.1) is 13.8 Å². The van der Waals surface area contributed by atoms with Crippen molar-refractivity contribution in [3.05, 3.63) is 58.9 Å². The van der Waals surface area contributed by atoms with Crippen LogP contribution in [0.4, 0.5) is 5.69 Å². The number of hydrogen-bond donors (Lipinski definition) is 2. The normalized spacial score (nSPS) is 10.2. The van der Waals surface area contributed by atoms with Gasteiger partial charge in [0.15, 0.2) is 0 Å². The average Bonchev–Trinajstić information content (AvgIpc) is 2.36. The number of benzene rings is 1. The lowest BCUT2D eigenvalue weighted by molar-refractivity contribution is 0.1000. The molecule has 0 atom stereocenters. The van der Waals surface area contributed by atoms with Gasteiger partial charge in [0.25, 0.3) is 5.91 Å². The number of amides is 1. The van der Waals surface area contributed by atoms with Crippen LogP contribution >= 0.6 is 0 Å². The van der Waals surface area contributed by atoms with Gasteiger partial charge >= 0.3 is 0 Å². The molecule has 0 bridgehead atoms. The maximum Gasteiger partial charge on any atom is 0.252 e. The largest absolute Gasteiger partial charge is 0.380 e. The highest BCUT2D eigenvalue weighted by Crippen LogP contribution is 2.20. The zero-order valence-corrected chi connectivity index (χ0v) is 11.1. The number of aryl methyl sites for hydroxylation is 2. The van der Waals surface area contributed by atoms with Gasteiger partial charge in [0, 0.05) is 12.2 Å². The summed E-state index contributed by atoms with van der Waals surface area (Å²) in [5.74, 6) is -0.458. The molecule has 3 N–H and O–H groups in total. The fourth-order valence-electron chi connectivity index (χ4n) is 2.07. The third-order valence-corrected chi connectivity index (χ3v) is 2.90. The Morgan fingerprint density at radius 3 is 2.58 bits per heavy atom. The molecule has 1 aromatic heterocycles. The first kappa shape index (κ1) is 13.1. The zero-order valence-electron chi connectivity index (χ0n) is 11.1. The van der Waals surface area contributed by atoms with Gasteiger partial charge in [-0.15, -0.1) is 0 Å². The minimum absolute atomic E-state index is 0.458. The Hall–Kier alpha value is -2.36. The summed E-state index contributed by atoms with van der Waals surface area (Å²) in [6, 6.07) is 11.8. The van der Waals surface area contributed by atoms with Gasteiger partial charge in [0.1, 0.15) is 0 Å². The van der Waals surface area contributed by atoms with Gasteiger partial charge in [-0.3, -0.25) is 9.78 Å². The highest BCUT2D eigenvalue weighted by Gasteiger charge is 2.13. The summed E-state index contributed by atoms with van der Waals surface area (Å²) in [6.07, 6.45) is 0. The van der Waals surface area contributed by atoms with Crippen LogP contribution < -0.4 is 11.1 Å². The SMILES string of the molecule is Cc1cc(NCc2ccccc2)c(C(N)=O)c(C)n1. The number of primary amides is 1. The number of carbonyl (C=O) groups excluding carboxylic acids is 1. The van der Waals surface area contributed by atoms with Gasteiger partial charge in [0.05, 0.1) is 16.9 Å². The Balaban J connectivity index is 2.27. The van der Waals surface area contributed by atoms with Crippen LogP contribution in [0.2, 0.25) is 0 Å². The van der Waals surface area contributed by atoms with Gasteiger partial charge in [0.2, 0.25) is 0 Å². The Morgan fingerprint density at radius 2 is 1.95 bits per heavy atom. The van der Waals surface area contributed by atoms with Crippen molar-refractivity contribution < 1.29 is 4.79 Å². The number of nitrogens with one attached hydrogen (secondary N) is 1. The van der Waals surface area contributed by atoms with Gasteiger partial charge in [-0.25, -0.2) is 0 Å². The minimum atomic E-state index is -0.458. The molecule has 0 saturated heterocycles. The van der Waals surface area contributed by atoms with Crippen molar-refractivity contribution in [2.45, 2.75) is 20.4 Å². The molecule has 2 rings (SSSR count). The van der Waals surface area contributed by atoms with Crippen LogP contribution in [0.15, 0.2) is 36.4 Å². The van der Waals surface area contributed by atoms with Crippen molar-refractivity contribution >= 4 is 11.6 Å². The molecule has 0 unspecified atom stereocenters. The van der Waals surface area contributed by atoms with E-state index in [1.807, 2.05) is 43.3 Å². The molecule has 0 spiro atoms. The summed E-state index contributed by atoms with van der Waals surface area (Å²) >= 11 is 0. The molecule has 0 aliphatic rings. The molecule has 2 aromatic rings. The van der Waals surface area contributed by atoms with Crippen molar-refractivity contribution in [1.29, 1.82) is 0 Å². The third kappa shape index (κ3) is 3.10. The molecule has 0 saturated carbocycles. The van der Waals surface area contributed by atoms with Crippen molar-refractivity contribution in [1.82, 2.24) is 4.98 Å². The quantitative estimate of drug-likeness (QED) is 0.881. The number of anilines is 1. The lowest BCUT2D eigenvalue weighted by Gasteiger charge is -2.13. The first-order valence-corrected chi connectivity index (χ1v) is 6.14. The predicted molar refractivity (Wildman–Crippen MR) is 76.0 cm³/mol. The minimum Gasteiger partial charge on any atom is -0.380 e. The second-order valence-electron chi connectivity index (χ2n) is 4.48. The predicted octanol–water partition coefficient (Wildman–Crippen LogP) is 2.41. The fraction of sp³-hybridized carbons (Fsp3) is 0.200. The second kappa shape index (κ2) is 5.52. The molecular formula is C15H17N3O. The Labute approximate surface area is 112 Å². The van der Waals surface area contributed by atoms with Crippen molar-refractivity contribution in [3.8, 4) is 0 Å². The third-order valence-electron chi connectivity index (χ3n) is 2.90. The second-order valence-corrected chi connectivity index (χ2v) is 4.48. The maximum absolute atomic E-state index is 11.5. The molecule has 1 amide bonds. The molecule has 4 nitrogen and oxygen atoms in total. The Bertz CT molecular complexity index is 594. The number of hydrogen-bond acceptors (Lipinski definition) is 3. The fourth-order valence-corrected chi connectivity index (χ4v) is 2.07. The summed E-state index contributed by atoms with van der Waals surface area (Å²) in [4.78, 5) is 15.8. The summed E-state index contributed by atoms with van der Waals surface area (Å²) in [6.45, 7) is 4.33. The zero-order chi connectivity index (χ0) is 13.8. The van der Waals surface area contributed by atoms with E-state index in [0.717, 1.165) is 16.9 Å². The Morgan fingerprint density at radius 1 is 1.26 bits per heavy atom. The summed E-state index contributed by atoms with van der Waals surface area (Å²) in [7, 11) is 0. The Kier molecular flexibility index (Phi) is 3.80. The van der Waals surface area contributed by atoms with Crippen LogP contribution in [0.3, 0.4) is 0 Å². The first-order chi connectivity index (χ1) is 9.08. The van der Waals surface area contributed by atoms with E-state index >= 15 is 0 Å². The number of carbonyl (C=O) groups is 1. The van der Waals surface area contributed by atoms with Crippen molar-refractivity contribution in [2.24, 2.45) is 5.73 Å². The van der Waals surface area contributed by atoms with Crippen LogP contribution in [0.1, 0.15) is 27.3 Å². The number of pyridine rings is 1. The topological polar surface area (TPSA) is 68.0 Å². The molecule has 0 radical (unpaired) electrons. The lowest BCUT2D eigenvalue weighted by Crippen LogP contribution is -2.17. The van der Waals surface area contributed by atoms with Crippen LogP contribution in [-0.4, -0.2) is 10.9 Å². The lowest BCUT2D eigenvalue weighted by atomic mass is 10.1. The molecule has 19 heavy (non-hydrogen) atoms. The number of nitrogens with zero attached hydrogens (tertiary/aromatic N) is 1. The van der Waals surface area contributed by atoms with Gasteiger partial charge in [-0.1, -0.05) is 30.3 Å². The van der Waals surface area contributed by atoms with E-state index in [0.29, 0.717) is 17.8 Å². The van der Waals surface area contributed by atoms with Crippen LogP contribution in [-0.2, 0) is 6.54 Å². The molecule has 1 aromatic carbocycles. The summed E-state index contributed by atoms with van der Waals surface area (Å²) < 4.78 is 0. The van der Waals surface area contributed by atoms with E-state index < -0.39 is 5.91 Å². The van der Waals surface area contributed by atoms with E-state index in [1.54, 1.807) is 6.92 Å². The van der Waals surface area contributed by atoms with E-state index in [9.17, 15) is 4.79 Å². The van der Waals surface area contributed by atoms with Crippen molar-refractivity contribution in [2.75, 3.05) is 5.32 Å². The summed E-state index contributed by atoms with van der Waals surface area (Å²) in [5, 5.41) is 3.25. The van der Waals surface area contributed by atoms with Gasteiger partial charge in [-0.05, 0) is 25.5 Å². The monoisotopic (exact) mass is 255 g/mol. The summed E-state index contributed by atoms with van der Waals surface area (Å²) in [5.41, 5.74) is 9.27. The molecular weight excluding hydrogens is 238 g/mol.